The highest BCUT2D eigenvalue weighted by Gasteiger charge is 2.35. The highest BCUT2D eigenvalue weighted by Crippen LogP contribution is 2.35. The van der Waals surface area contributed by atoms with Crippen LogP contribution in [0, 0.1) is 0 Å². The summed E-state index contributed by atoms with van der Waals surface area (Å²) in [6.07, 6.45) is 1.72. The fraction of sp³-hybridized carbons (Fsp3) is 0.200. The maximum absolute atomic E-state index is 12.7. The molecule has 1 fully saturated rings. The van der Waals surface area contributed by atoms with Gasteiger partial charge >= 0.3 is 0 Å². The van der Waals surface area contributed by atoms with Gasteiger partial charge in [0.05, 0.1) is 17.6 Å². The summed E-state index contributed by atoms with van der Waals surface area (Å²) in [5, 5.41) is 0.231. The maximum atomic E-state index is 12.7. The van der Waals surface area contributed by atoms with Gasteiger partial charge in [-0.15, -0.1) is 0 Å². The molecular formula is C20H18ClNO3S. The van der Waals surface area contributed by atoms with Crippen LogP contribution in [-0.2, 0) is 11.3 Å². The summed E-state index contributed by atoms with van der Waals surface area (Å²) in [5.74, 6) is 0.361. The van der Waals surface area contributed by atoms with Crippen molar-refractivity contribution in [2.75, 3.05) is 0 Å². The van der Waals surface area contributed by atoms with E-state index in [0.29, 0.717) is 15.7 Å². The lowest BCUT2D eigenvalue weighted by molar-refractivity contribution is -0.123. The van der Waals surface area contributed by atoms with Gasteiger partial charge in [-0.3, -0.25) is 14.5 Å². The van der Waals surface area contributed by atoms with E-state index in [9.17, 15) is 9.59 Å². The van der Waals surface area contributed by atoms with Crippen LogP contribution in [-0.4, -0.2) is 22.2 Å². The molecule has 0 bridgehead atoms. The SMILES string of the molecule is CC(C)Oc1ccccc1C=C1SC(=O)N(Cc2ccccc2Cl)C1=O. The number of rotatable bonds is 5. The first-order chi connectivity index (χ1) is 12.5. The predicted octanol–water partition coefficient (Wildman–Crippen LogP) is 5.36. The Bertz CT molecular complexity index is 879. The van der Waals surface area contributed by atoms with Gasteiger partial charge in [0, 0.05) is 10.6 Å². The Morgan fingerprint density at radius 3 is 2.54 bits per heavy atom. The Hall–Kier alpha value is -2.24. The summed E-state index contributed by atoms with van der Waals surface area (Å²) < 4.78 is 5.77. The third-order valence-corrected chi connectivity index (χ3v) is 5.00. The van der Waals surface area contributed by atoms with Crippen molar-refractivity contribution in [3.8, 4) is 5.75 Å². The van der Waals surface area contributed by atoms with Crippen LogP contribution in [0.4, 0.5) is 4.79 Å². The van der Waals surface area contributed by atoms with Crippen LogP contribution in [0.2, 0.25) is 5.02 Å². The van der Waals surface area contributed by atoms with Crippen molar-refractivity contribution >= 4 is 40.6 Å². The molecule has 26 heavy (non-hydrogen) atoms. The van der Waals surface area contributed by atoms with E-state index < -0.39 is 0 Å². The molecule has 0 radical (unpaired) electrons. The van der Waals surface area contributed by atoms with Gasteiger partial charge in [0.1, 0.15) is 5.75 Å². The van der Waals surface area contributed by atoms with E-state index in [-0.39, 0.29) is 23.8 Å². The van der Waals surface area contributed by atoms with Crippen LogP contribution < -0.4 is 4.74 Å². The van der Waals surface area contributed by atoms with E-state index in [2.05, 4.69) is 0 Å². The molecule has 0 N–H and O–H groups in total. The average Bonchev–Trinajstić information content (AvgIpc) is 2.85. The Balaban J connectivity index is 1.85. The van der Waals surface area contributed by atoms with E-state index in [0.717, 1.165) is 22.9 Å². The molecular weight excluding hydrogens is 370 g/mol. The summed E-state index contributed by atoms with van der Waals surface area (Å²) in [6, 6.07) is 14.6. The predicted molar refractivity (Wildman–Crippen MR) is 105 cm³/mol. The molecule has 0 spiro atoms. The minimum Gasteiger partial charge on any atom is -0.490 e. The van der Waals surface area contributed by atoms with Crippen molar-refractivity contribution in [1.82, 2.24) is 4.90 Å². The number of para-hydroxylation sites is 1. The number of nitrogens with zero attached hydrogens (tertiary/aromatic N) is 1. The van der Waals surface area contributed by atoms with Crippen molar-refractivity contribution in [3.05, 3.63) is 69.6 Å². The molecule has 6 heteroatoms. The first-order valence-electron chi connectivity index (χ1n) is 8.20. The first-order valence-corrected chi connectivity index (χ1v) is 9.39. The van der Waals surface area contributed by atoms with Gasteiger partial charge < -0.3 is 4.74 Å². The number of carbonyl (C=O) groups excluding carboxylic acids is 2. The van der Waals surface area contributed by atoms with Crippen molar-refractivity contribution in [3.63, 3.8) is 0 Å². The van der Waals surface area contributed by atoms with Crippen molar-refractivity contribution < 1.29 is 14.3 Å². The molecule has 2 aromatic carbocycles. The van der Waals surface area contributed by atoms with Gasteiger partial charge in [-0.25, -0.2) is 0 Å². The van der Waals surface area contributed by atoms with Gasteiger partial charge in [-0.2, -0.15) is 0 Å². The van der Waals surface area contributed by atoms with Crippen LogP contribution in [0.3, 0.4) is 0 Å². The Morgan fingerprint density at radius 2 is 1.81 bits per heavy atom. The summed E-state index contributed by atoms with van der Waals surface area (Å²) in [5.41, 5.74) is 1.51. The standard InChI is InChI=1S/C20H18ClNO3S/c1-13(2)25-17-10-6-4-7-14(17)11-18-19(23)22(20(24)26-18)12-15-8-3-5-9-16(15)21/h3-11,13H,12H2,1-2H3. The Morgan fingerprint density at radius 1 is 1.12 bits per heavy atom. The number of hydrogen-bond donors (Lipinski definition) is 0. The van der Waals surface area contributed by atoms with Crippen molar-refractivity contribution in [2.24, 2.45) is 0 Å². The number of halogens is 1. The van der Waals surface area contributed by atoms with Crippen LogP contribution in [0.15, 0.2) is 53.4 Å². The smallest absolute Gasteiger partial charge is 0.293 e. The molecule has 1 aliphatic heterocycles. The summed E-state index contributed by atoms with van der Waals surface area (Å²) in [4.78, 5) is 26.6. The highest BCUT2D eigenvalue weighted by molar-refractivity contribution is 8.18. The fourth-order valence-electron chi connectivity index (χ4n) is 2.54. The molecule has 2 aromatic rings. The molecule has 1 aliphatic rings. The topological polar surface area (TPSA) is 46.6 Å². The zero-order valence-electron chi connectivity index (χ0n) is 14.4. The second kappa shape index (κ2) is 7.98. The molecule has 0 saturated carbocycles. The molecule has 1 heterocycles. The summed E-state index contributed by atoms with van der Waals surface area (Å²) in [7, 11) is 0. The van der Waals surface area contributed by atoms with Crippen molar-refractivity contribution in [2.45, 2.75) is 26.5 Å². The van der Waals surface area contributed by atoms with Crippen LogP contribution in [0.1, 0.15) is 25.0 Å². The fourth-order valence-corrected chi connectivity index (χ4v) is 3.56. The van der Waals surface area contributed by atoms with E-state index >= 15 is 0 Å². The maximum Gasteiger partial charge on any atom is 0.293 e. The number of ether oxygens (including phenoxy) is 1. The molecule has 1 saturated heterocycles. The number of carbonyl (C=O) groups is 2. The molecule has 134 valence electrons. The lowest BCUT2D eigenvalue weighted by Gasteiger charge is -2.14. The summed E-state index contributed by atoms with van der Waals surface area (Å²) >= 11 is 7.08. The number of benzene rings is 2. The molecule has 0 aromatic heterocycles. The number of hydrogen-bond acceptors (Lipinski definition) is 4. The van der Waals surface area contributed by atoms with E-state index in [4.69, 9.17) is 16.3 Å². The lowest BCUT2D eigenvalue weighted by Crippen LogP contribution is -2.27. The van der Waals surface area contributed by atoms with Gasteiger partial charge in [0.15, 0.2) is 0 Å². The quantitative estimate of drug-likeness (QED) is 0.647. The minimum atomic E-state index is -0.320. The average molecular weight is 388 g/mol. The third kappa shape index (κ3) is 4.11. The zero-order chi connectivity index (χ0) is 18.7. The van der Waals surface area contributed by atoms with Gasteiger partial charge in [0.25, 0.3) is 11.1 Å². The summed E-state index contributed by atoms with van der Waals surface area (Å²) in [6.45, 7) is 4.04. The largest absolute Gasteiger partial charge is 0.490 e. The zero-order valence-corrected chi connectivity index (χ0v) is 16.0. The third-order valence-electron chi connectivity index (χ3n) is 3.73. The van der Waals surface area contributed by atoms with Crippen molar-refractivity contribution in [1.29, 1.82) is 0 Å². The molecule has 2 amide bonds. The highest BCUT2D eigenvalue weighted by atomic mass is 35.5. The molecule has 0 atom stereocenters. The normalized spacial score (nSPS) is 16.0. The molecule has 4 nitrogen and oxygen atoms in total. The second-order valence-electron chi connectivity index (χ2n) is 6.06. The number of imide groups is 1. The van der Waals surface area contributed by atoms with Gasteiger partial charge in [-0.05, 0) is 49.4 Å². The van der Waals surface area contributed by atoms with Gasteiger partial charge in [-0.1, -0.05) is 48.0 Å². The molecule has 0 aliphatic carbocycles. The Labute approximate surface area is 161 Å². The Kier molecular flexibility index (Phi) is 5.69. The monoisotopic (exact) mass is 387 g/mol. The minimum absolute atomic E-state index is 0.0137. The van der Waals surface area contributed by atoms with E-state index in [1.54, 1.807) is 18.2 Å². The second-order valence-corrected chi connectivity index (χ2v) is 7.46. The lowest BCUT2D eigenvalue weighted by atomic mass is 10.1. The molecule has 3 rings (SSSR count). The van der Waals surface area contributed by atoms with E-state index in [1.807, 2.05) is 50.2 Å². The number of amides is 2. The van der Waals surface area contributed by atoms with Crippen LogP contribution in [0.25, 0.3) is 6.08 Å². The number of thioether (sulfide) groups is 1. The first kappa shape index (κ1) is 18.5. The van der Waals surface area contributed by atoms with Gasteiger partial charge in [0.2, 0.25) is 0 Å². The van der Waals surface area contributed by atoms with Crippen LogP contribution >= 0.6 is 23.4 Å². The van der Waals surface area contributed by atoms with E-state index in [1.165, 1.54) is 4.90 Å². The van der Waals surface area contributed by atoms with Crippen LogP contribution in [0.5, 0.6) is 5.75 Å². The molecule has 0 unspecified atom stereocenters.